The highest BCUT2D eigenvalue weighted by molar-refractivity contribution is 9.10. The number of halogens is 1. The van der Waals surface area contributed by atoms with E-state index in [1.807, 2.05) is 18.3 Å². The largest absolute Gasteiger partial charge is 0.360 e. The first-order valence-electron chi connectivity index (χ1n) is 7.40. The molecule has 0 saturated heterocycles. The van der Waals surface area contributed by atoms with Crippen molar-refractivity contribution in [3.63, 3.8) is 0 Å². The molecule has 124 valence electrons. The number of H-pyrrole nitrogens is 1. The van der Waals surface area contributed by atoms with Crippen molar-refractivity contribution in [2.45, 2.75) is 18.2 Å². The monoisotopic (exact) mass is 405 g/mol. The quantitative estimate of drug-likeness (QED) is 0.500. The Morgan fingerprint density at radius 2 is 1.96 bits per heavy atom. The Bertz CT molecular complexity index is 992. The first-order valence-corrected chi connectivity index (χ1v) is 9.68. The molecule has 1 aromatic heterocycles. The average molecular weight is 406 g/mol. The molecule has 24 heavy (non-hydrogen) atoms. The van der Waals surface area contributed by atoms with Gasteiger partial charge in [-0.3, -0.25) is 0 Å². The molecule has 0 unspecified atom stereocenters. The van der Waals surface area contributed by atoms with Gasteiger partial charge >= 0.3 is 0 Å². The second kappa shape index (κ2) is 6.78. The van der Waals surface area contributed by atoms with Gasteiger partial charge in [-0.1, -0.05) is 41.1 Å². The maximum absolute atomic E-state index is 12.2. The molecule has 0 aliphatic rings. The molecule has 0 fully saturated rings. The number of aromatic amines is 1. The number of rotatable bonds is 5. The van der Waals surface area contributed by atoms with Crippen molar-refractivity contribution in [2.24, 2.45) is 5.10 Å². The number of fused-ring (bicyclic) bond motifs is 1. The van der Waals surface area contributed by atoms with Crippen molar-refractivity contribution in [2.75, 3.05) is 0 Å². The van der Waals surface area contributed by atoms with Gasteiger partial charge in [0, 0.05) is 27.1 Å². The number of nitrogens with zero attached hydrogens (tertiary/aromatic N) is 1. The Kier molecular flexibility index (Phi) is 4.73. The van der Waals surface area contributed by atoms with Crippen LogP contribution in [0.1, 0.15) is 18.1 Å². The Morgan fingerprint density at radius 3 is 2.67 bits per heavy atom. The van der Waals surface area contributed by atoms with Crippen LogP contribution in [0.4, 0.5) is 0 Å². The lowest BCUT2D eigenvalue weighted by atomic mass is 10.1. The summed E-state index contributed by atoms with van der Waals surface area (Å²) in [5, 5.41) is 4.91. The van der Waals surface area contributed by atoms with Crippen LogP contribution in [0.2, 0.25) is 0 Å². The predicted octanol–water partition coefficient (Wildman–Crippen LogP) is 3.81. The second-order valence-corrected chi connectivity index (χ2v) is 7.82. The minimum absolute atomic E-state index is 0.162. The van der Waals surface area contributed by atoms with E-state index in [9.17, 15) is 8.42 Å². The number of nitrogens with one attached hydrogen (secondary N) is 2. The highest BCUT2D eigenvalue weighted by Crippen LogP contribution is 2.21. The highest BCUT2D eigenvalue weighted by Gasteiger charge is 2.12. The SMILES string of the molecule is CCc1cccc2c(/C=N/NS(=O)(=O)c3ccc(Br)cc3)c[nH]c12. The third kappa shape index (κ3) is 3.37. The summed E-state index contributed by atoms with van der Waals surface area (Å²) < 4.78 is 25.2. The number of hydrazone groups is 1. The minimum Gasteiger partial charge on any atom is -0.360 e. The molecule has 2 aromatic carbocycles. The maximum atomic E-state index is 12.2. The number of sulfonamides is 1. The van der Waals surface area contributed by atoms with Crippen LogP contribution in [0.15, 0.2) is 63.1 Å². The highest BCUT2D eigenvalue weighted by atomic mass is 79.9. The molecule has 0 atom stereocenters. The fraction of sp³-hybridized carbons (Fsp3) is 0.118. The Labute approximate surface area is 149 Å². The van der Waals surface area contributed by atoms with Gasteiger partial charge in [-0.25, -0.2) is 4.83 Å². The Morgan fingerprint density at radius 1 is 1.21 bits per heavy atom. The average Bonchev–Trinajstić information content (AvgIpc) is 2.98. The summed E-state index contributed by atoms with van der Waals surface area (Å²) in [6.45, 7) is 2.09. The zero-order valence-electron chi connectivity index (χ0n) is 13.0. The van der Waals surface area contributed by atoms with Gasteiger partial charge in [0.1, 0.15) is 0 Å². The molecule has 0 aliphatic heterocycles. The van der Waals surface area contributed by atoms with Gasteiger partial charge in [-0.15, -0.1) is 0 Å². The molecule has 1 heterocycles. The summed E-state index contributed by atoms with van der Waals surface area (Å²) in [5.74, 6) is 0. The van der Waals surface area contributed by atoms with Crippen LogP contribution in [0.25, 0.3) is 10.9 Å². The Hall–Kier alpha value is -2.12. The predicted molar refractivity (Wildman–Crippen MR) is 99.7 cm³/mol. The molecule has 5 nitrogen and oxygen atoms in total. The number of hydrogen-bond donors (Lipinski definition) is 2. The number of aryl methyl sites for hydroxylation is 1. The first-order chi connectivity index (χ1) is 11.5. The number of benzene rings is 2. The first kappa shape index (κ1) is 16.7. The van der Waals surface area contributed by atoms with Gasteiger partial charge < -0.3 is 4.98 Å². The van der Waals surface area contributed by atoms with Gasteiger partial charge in [0.05, 0.1) is 11.1 Å². The summed E-state index contributed by atoms with van der Waals surface area (Å²) in [4.78, 5) is 5.62. The standard InChI is InChI=1S/C17H16BrN3O2S/c1-2-12-4-3-5-16-13(10-19-17(12)16)11-20-21-24(22,23)15-8-6-14(18)7-9-15/h3-11,19,21H,2H2,1H3/b20-11+. The van der Waals surface area contributed by atoms with Gasteiger partial charge in [0.25, 0.3) is 10.0 Å². The fourth-order valence-corrected chi connectivity index (χ4v) is 3.53. The van der Waals surface area contributed by atoms with E-state index in [4.69, 9.17) is 0 Å². The molecule has 3 rings (SSSR count). The summed E-state index contributed by atoms with van der Waals surface area (Å²) in [5.41, 5.74) is 3.10. The molecular formula is C17H16BrN3O2S. The van der Waals surface area contributed by atoms with E-state index >= 15 is 0 Å². The number of para-hydroxylation sites is 1. The summed E-state index contributed by atoms with van der Waals surface area (Å²) in [7, 11) is -3.68. The van der Waals surface area contributed by atoms with E-state index in [2.05, 4.69) is 43.8 Å². The lowest BCUT2D eigenvalue weighted by molar-refractivity contribution is 0.584. The molecular weight excluding hydrogens is 390 g/mol. The van der Waals surface area contributed by atoms with Gasteiger partial charge in [0.15, 0.2) is 0 Å². The molecule has 0 spiro atoms. The fourth-order valence-electron chi connectivity index (χ4n) is 2.47. The molecule has 0 amide bonds. The maximum Gasteiger partial charge on any atom is 0.276 e. The second-order valence-electron chi connectivity index (χ2n) is 5.24. The lowest BCUT2D eigenvalue weighted by Crippen LogP contribution is -2.18. The summed E-state index contributed by atoms with van der Waals surface area (Å²) in [6, 6.07) is 12.4. The van der Waals surface area contributed by atoms with Crippen LogP contribution in [-0.4, -0.2) is 19.6 Å². The van der Waals surface area contributed by atoms with E-state index in [0.717, 1.165) is 27.4 Å². The van der Waals surface area contributed by atoms with Gasteiger partial charge in [0.2, 0.25) is 0 Å². The van der Waals surface area contributed by atoms with Crippen molar-refractivity contribution in [1.29, 1.82) is 0 Å². The molecule has 0 radical (unpaired) electrons. The van der Waals surface area contributed by atoms with Crippen LogP contribution in [0, 0.1) is 0 Å². The van der Waals surface area contributed by atoms with Crippen molar-refractivity contribution in [3.05, 3.63) is 64.3 Å². The lowest BCUT2D eigenvalue weighted by Gasteiger charge is -2.03. The van der Waals surface area contributed by atoms with Crippen LogP contribution >= 0.6 is 15.9 Å². The van der Waals surface area contributed by atoms with Crippen molar-refractivity contribution < 1.29 is 8.42 Å². The zero-order chi connectivity index (χ0) is 17.2. The van der Waals surface area contributed by atoms with E-state index in [0.29, 0.717) is 0 Å². The summed E-state index contributed by atoms with van der Waals surface area (Å²) >= 11 is 3.28. The number of hydrogen-bond acceptors (Lipinski definition) is 3. The third-order valence-electron chi connectivity index (χ3n) is 3.72. The zero-order valence-corrected chi connectivity index (χ0v) is 15.4. The Balaban J connectivity index is 1.83. The van der Waals surface area contributed by atoms with E-state index in [-0.39, 0.29) is 4.90 Å². The van der Waals surface area contributed by atoms with Crippen molar-refractivity contribution in [1.82, 2.24) is 9.82 Å². The minimum atomic E-state index is -3.68. The van der Waals surface area contributed by atoms with Crippen LogP contribution in [-0.2, 0) is 16.4 Å². The van der Waals surface area contributed by atoms with Crippen molar-refractivity contribution >= 4 is 43.1 Å². The molecule has 0 bridgehead atoms. The third-order valence-corrected chi connectivity index (χ3v) is 5.48. The molecule has 0 aliphatic carbocycles. The molecule has 2 N–H and O–H groups in total. The smallest absolute Gasteiger partial charge is 0.276 e. The van der Waals surface area contributed by atoms with E-state index in [1.54, 1.807) is 12.1 Å². The van der Waals surface area contributed by atoms with Crippen LogP contribution in [0.3, 0.4) is 0 Å². The van der Waals surface area contributed by atoms with Gasteiger partial charge in [-0.2, -0.15) is 13.5 Å². The molecule has 7 heteroatoms. The number of aromatic nitrogens is 1. The summed E-state index contributed by atoms with van der Waals surface area (Å²) in [6.07, 6.45) is 4.25. The van der Waals surface area contributed by atoms with E-state index < -0.39 is 10.0 Å². The molecule has 0 saturated carbocycles. The normalized spacial score (nSPS) is 12.1. The van der Waals surface area contributed by atoms with Crippen molar-refractivity contribution in [3.8, 4) is 0 Å². The van der Waals surface area contributed by atoms with Crippen LogP contribution in [0.5, 0.6) is 0 Å². The van der Waals surface area contributed by atoms with Crippen LogP contribution < -0.4 is 4.83 Å². The topological polar surface area (TPSA) is 74.3 Å². The molecule has 3 aromatic rings. The van der Waals surface area contributed by atoms with Gasteiger partial charge in [-0.05, 0) is 36.2 Å². The van der Waals surface area contributed by atoms with E-state index in [1.165, 1.54) is 23.9 Å².